The highest BCUT2D eigenvalue weighted by molar-refractivity contribution is 7.89. The number of amides is 2. The third-order valence-corrected chi connectivity index (χ3v) is 7.29. The molecule has 1 fully saturated rings. The molecule has 0 aliphatic carbocycles. The van der Waals surface area contributed by atoms with E-state index >= 15 is 0 Å². The third-order valence-electron chi connectivity index (χ3n) is 5.39. The highest BCUT2D eigenvalue weighted by atomic mass is 32.2. The number of imide groups is 1. The fourth-order valence-electron chi connectivity index (χ4n) is 3.68. The molecule has 0 spiro atoms. The first-order chi connectivity index (χ1) is 15.8. The molecule has 2 aromatic rings. The van der Waals surface area contributed by atoms with Gasteiger partial charge in [-0.05, 0) is 35.9 Å². The highest BCUT2D eigenvalue weighted by Gasteiger charge is 2.35. The Labute approximate surface area is 191 Å². The number of fused-ring (bicyclic) bond motifs is 1. The molecule has 0 aromatic heterocycles. The Hall–Kier alpha value is -3.34. The molecule has 0 bridgehead atoms. The van der Waals surface area contributed by atoms with Gasteiger partial charge in [-0.25, -0.2) is 13.2 Å². The standard InChI is InChI=1S/C23H22N2O7S/c1-2-8-25-21(26)19-7-6-17(14-20(19)22(25)27)23(28)32-15-16-4-3-5-18(13-16)33(29,30)24-9-11-31-12-10-24/h2-7,13-14H,1,8-12,15H2. The van der Waals surface area contributed by atoms with Gasteiger partial charge < -0.3 is 9.47 Å². The number of rotatable bonds is 7. The van der Waals surface area contributed by atoms with Crippen molar-refractivity contribution in [3.8, 4) is 0 Å². The van der Waals surface area contributed by atoms with Crippen LogP contribution in [0.1, 0.15) is 36.6 Å². The van der Waals surface area contributed by atoms with Gasteiger partial charge in [-0.1, -0.05) is 18.2 Å². The van der Waals surface area contributed by atoms with Crippen molar-refractivity contribution in [1.29, 1.82) is 0 Å². The minimum Gasteiger partial charge on any atom is -0.457 e. The zero-order valence-corrected chi connectivity index (χ0v) is 18.5. The SMILES string of the molecule is C=CCN1C(=O)c2ccc(C(=O)OCc3cccc(S(=O)(=O)N4CCOCC4)c3)cc2C1=O. The molecular weight excluding hydrogens is 448 g/mol. The van der Waals surface area contributed by atoms with Crippen molar-refractivity contribution in [3.63, 3.8) is 0 Å². The van der Waals surface area contributed by atoms with Crippen molar-refractivity contribution in [2.24, 2.45) is 0 Å². The molecule has 0 unspecified atom stereocenters. The lowest BCUT2D eigenvalue weighted by Crippen LogP contribution is -2.40. The van der Waals surface area contributed by atoms with E-state index in [9.17, 15) is 22.8 Å². The molecule has 2 amide bonds. The van der Waals surface area contributed by atoms with Crippen LogP contribution in [-0.4, -0.2) is 68.3 Å². The van der Waals surface area contributed by atoms with Gasteiger partial charge in [0.25, 0.3) is 11.8 Å². The van der Waals surface area contributed by atoms with Crippen molar-refractivity contribution < 1.29 is 32.3 Å². The normalized spacial score (nSPS) is 16.5. The summed E-state index contributed by atoms with van der Waals surface area (Å²) in [5.41, 5.74) is 0.976. The molecule has 2 aliphatic heterocycles. The summed E-state index contributed by atoms with van der Waals surface area (Å²) in [4.78, 5) is 38.5. The van der Waals surface area contributed by atoms with Gasteiger partial charge in [0.15, 0.2) is 0 Å². The number of carbonyl (C=O) groups is 3. The molecule has 33 heavy (non-hydrogen) atoms. The van der Waals surface area contributed by atoms with Gasteiger partial charge in [0.05, 0.1) is 34.8 Å². The van der Waals surface area contributed by atoms with Crippen molar-refractivity contribution in [3.05, 3.63) is 77.4 Å². The third kappa shape index (κ3) is 4.45. The van der Waals surface area contributed by atoms with E-state index in [0.717, 1.165) is 4.90 Å². The maximum absolute atomic E-state index is 12.8. The second-order valence-electron chi connectivity index (χ2n) is 7.51. The largest absolute Gasteiger partial charge is 0.457 e. The van der Waals surface area contributed by atoms with E-state index < -0.39 is 27.8 Å². The van der Waals surface area contributed by atoms with E-state index in [0.29, 0.717) is 18.8 Å². The molecule has 4 rings (SSSR count). The molecule has 9 nitrogen and oxygen atoms in total. The van der Waals surface area contributed by atoms with E-state index in [-0.39, 0.29) is 47.8 Å². The first-order valence-corrected chi connectivity index (χ1v) is 11.7. The van der Waals surface area contributed by atoms with Gasteiger partial charge in [-0.15, -0.1) is 6.58 Å². The average Bonchev–Trinajstić information content (AvgIpc) is 3.08. The predicted molar refractivity (Wildman–Crippen MR) is 117 cm³/mol. The summed E-state index contributed by atoms with van der Waals surface area (Å²) < 4.78 is 37.6. The summed E-state index contributed by atoms with van der Waals surface area (Å²) in [5.74, 6) is -1.62. The van der Waals surface area contributed by atoms with Crippen LogP contribution >= 0.6 is 0 Å². The van der Waals surface area contributed by atoms with Crippen LogP contribution in [0.4, 0.5) is 0 Å². The zero-order valence-electron chi connectivity index (χ0n) is 17.7. The zero-order chi connectivity index (χ0) is 23.6. The Balaban J connectivity index is 1.46. The Bertz CT molecular complexity index is 1230. The van der Waals surface area contributed by atoms with E-state index in [1.54, 1.807) is 12.1 Å². The Morgan fingerprint density at radius 2 is 1.79 bits per heavy atom. The number of esters is 1. The predicted octanol–water partition coefficient (Wildman–Crippen LogP) is 1.85. The first-order valence-electron chi connectivity index (χ1n) is 10.3. The number of sulfonamides is 1. The summed E-state index contributed by atoms with van der Waals surface area (Å²) in [5, 5.41) is 0. The molecule has 1 saturated heterocycles. The van der Waals surface area contributed by atoms with Crippen LogP contribution in [0.2, 0.25) is 0 Å². The second kappa shape index (κ2) is 9.26. The van der Waals surface area contributed by atoms with Crippen LogP contribution in [0.5, 0.6) is 0 Å². The van der Waals surface area contributed by atoms with Crippen molar-refractivity contribution >= 4 is 27.8 Å². The number of nitrogens with zero attached hydrogens (tertiary/aromatic N) is 2. The van der Waals surface area contributed by atoms with E-state index in [4.69, 9.17) is 9.47 Å². The average molecular weight is 471 g/mol. The number of ether oxygens (including phenoxy) is 2. The maximum Gasteiger partial charge on any atom is 0.338 e. The fraction of sp³-hybridized carbons (Fsp3) is 0.261. The van der Waals surface area contributed by atoms with Gasteiger partial charge in [0, 0.05) is 19.6 Å². The lowest BCUT2D eigenvalue weighted by molar-refractivity contribution is 0.0472. The van der Waals surface area contributed by atoms with Gasteiger partial charge in [-0.2, -0.15) is 4.31 Å². The van der Waals surface area contributed by atoms with Crippen LogP contribution in [-0.2, 0) is 26.1 Å². The quantitative estimate of drug-likeness (QED) is 0.345. The number of morpholine rings is 1. The summed E-state index contributed by atoms with van der Waals surface area (Å²) >= 11 is 0. The Morgan fingerprint density at radius 1 is 1.06 bits per heavy atom. The number of benzene rings is 2. The number of hydrogen-bond acceptors (Lipinski definition) is 7. The topological polar surface area (TPSA) is 110 Å². The van der Waals surface area contributed by atoms with Crippen LogP contribution < -0.4 is 0 Å². The first kappa shape index (κ1) is 22.8. The maximum atomic E-state index is 12.8. The molecule has 0 N–H and O–H groups in total. The number of carbonyl (C=O) groups excluding carboxylic acids is 3. The molecule has 0 atom stereocenters. The molecule has 0 saturated carbocycles. The molecule has 172 valence electrons. The molecule has 2 aliphatic rings. The van der Waals surface area contributed by atoms with Crippen molar-refractivity contribution in [2.75, 3.05) is 32.8 Å². The van der Waals surface area contributed by atoms with Gasteiger partial charge in [0.2, 0.25) is 10.0 Å². The van der Waals surface area contributed by atoms with E-state index in [1.165, 1.54) is 40.7 Å². The summed E-state index contributed by atoms with van der Waals surface area (Å²) in [6, 6.07) is 10.4. The molecule has 2 heterocycles. The minimum atomic E-state index is -3.67. The minimum absolute atomic E-state index is 0.0792. The van der Waals surface area contributed by atoms with Crippen LogP contribution in [0.3, 0.4) is 0 Å². The van der Waals surface area contributed by atoms with Crippen molar-refractivity contribution in [1.82, 2.24) is 9.21 Å². The van der Waals surface area contributed by atoms with E-state index in [2.05, 4.69) is 6.58 Å². The van der Waals surface area contributed by atoms with Gasteiger partial charge >= 0.3 is 5.97 Å². The summed E-state index contributed by atoms with van der Waals surface area (Å²) in [7, 11) is -3.67. The molecular formula is C23H22N2O7S. The van der Waals surface area contributed by atoms with Crippen LogP contribution in [0.15, 0.2) is 60.0 Å². The lowest BCUT2D eigenvalue weighted by Gasteiger charge is -2.26. The van der Waals surface area contributed by atoms with Gasteiger partial charge in [-0.3, -0.25) is 14.5 Å². The highest BCUT2D eigenvalue weighted by Crippen LogP contribution is 2.25. The molecule has 10 heteroatoms. The lowest BCUT2D eigenvalue weighted by atomic mass is 10.1. The Morgan fingerprint density at radius 3 is 2.52 bits per heavy atom. The monoisotopic (exact) mass is 470 g/mol. The Kier molecular flexibility index (Phi) is 6.41. The van der Waals surface area contributed by atoms with Crippen LogP contribution in [0, 0.1) is 0 Å². The smallest absolute Gasteiger partial charge is 0.338 e. The summed E-state index contributed by atoms with van der Waals surface area (Å²) in [6.45, 7) is 4.71. The van der Waals surface area contributed by atoms with Crippen molar-refractivity contribution in [2.45, 2.75) is 11.5 Å². The second-order valence-corrected chi connectivity index (χ2v) is 9.45. The molecule has 0 radical (unpaired) electrons. The fourth-order valence-corrected chi connectivity index (χ4v) is 5.16. The summed E-state index contributed by atoms with van der Waals surface area (Å²) in [6.07, 6.45) is 1.45. The van der Waals surface area contributed by atoms with E-state index in [1.807, 2.05) is 0 Å². The van der Waals surface area contributed by atoms with Gasteiger partial charge in [0.1, 0.15) is 6.61 Å². The molecule has 2 aromatic carbocycles. The van der Waals surface area contributed by atoms with Crippen LogP contribution in [0.25, 0.3) is 0 Å². The number of hydrogen-bond donors (Lipinski definition) is 0.